The Morgan fingerprint density at radius 3 is 2.25 bits per heavy atom. The molecule has 1 aromatic carbocycles. The van der Waals surface area contributed by atoms with Crippen molar-refractivity contribution in [3.8, 4) is 0 Å². The smallest absolute Gasteiger partial charge is 0.252 e. The molecule has 3 heterocycles. The number of ether oxygens (including phenoxy) is 5. The van der Waals surface area contributed by atoms with Gasteiger partial charge in [0.2, 0.25) is 5.91 Å². The van der Waals surface area contributed by atoms with Crippen LogP contribution in [0.25, 0.3) is 0 Å². The Balaban J connectivity index is 1.37. The van der Waals surface area contributed by atoms with Gasteiger partial charge in [0, 0.05) is 5.69 Å². The highest BCUT2D eigenvalue weighted by Crippen LogP contribution is 2.44. The van der Waals surface area contributed by atoms with E-state index in [4.69, 9.17) is 28.9 Å². The molecule has 2 amide bonds. The maximum Gasteiger partial charge on any atom is 0.252 e. The van der Waals surface area contributed by atoms with Gasteiger partial charge in [-0.1, -0.05) is 0 Å². The Morgan fingerprint density at radius 2 is 1.59 bits per heavy atom. The third kappa shape index (κ3) is 4.71. The number of hydrogen-bond donors (Lipinski definition) is 3. The maximum absolute atomic E-state index is 12.9. The van der Waals surface area contributed by atoms with Crippen molar-refractivity contribution in [1.82, 2.24) is 5.32 Å². The number of rotatable bonds is 5. The lowest BCUT2D eigenvalue weighted by Gasteiger charge is -2.36. The summed E-state index contributed by atoms with van der Waals surface area (Å²) in [6.45, 7) is 6.62. The van der Waals surface area contributed by atoms with Crippen molar-refractivity contribution in [3.05, 3.63) is 29.5 Å². The minimum absolute atomic E-state index is 0.0154. The summed E-state index contributed by atoms with van der Waals surface area (Å²) in [6, 6.07) is 5.54. The zero-order valence-electron chi connectivity index (χ0n) is 18.1. The molecule has 176 valence electrons. The number of carbonyl (C=O) groups is 2. The number of nitrogens with one attached hydrogen (secondary N) is 2. The minimum atomic E-state index is -1.07. The van der Waals surface area contributed by atoms with Crippen LogP contribution in [-0.2, 0) is 33.3 Å². The molecule has 3 N–H and O–H groups in total. The van der Waals surface area contributed by atoms with Crippen LogP contribution in [-0.4, -0.2) is 65.8 Å². The summed E-state index contributed by atoms with van der Waals surface area (Å²) in [5.74, 6) is -2.90. The van der Waals surface area contributed by atoms with Gasteiger partial charge in [0.1, 0.15) is 18.3 Å². The van der Waals surface area contributed by atoms with Gasteiger partial charge in [0.05, 0.1) is 12.2 Å². The van der Waals surface area contributed by atoms with Crippen LogP contribution in [0, 0.1) is 5.21 Å². The van der Waals surface area contributed by atoms with Crippen molar-refractivity contribution < 1.29 is 38.5 Å². The Hall–Kier alpha value is -2.32. The number of fused-ring (bicyclic) bond motifs is 3. The lowest BCUT2D eigenvalue weighted by atomic mass is 9.98. The van der Waals surface area contributed by atoms with E-state index in [1.807, 2.05) is 0 Å². The zero-order chi connectivity index (χ0) is 23.3. The van der Waals surface area contributed by atoms with E-state index >= 15 is 0 Å². The first-order valence-electron chi connectivity index (χ1n) is 10.1. The third-order valence-corrected chi connectivity index (χ3v) is 5.21. The summed E-state index contributed by atoms with van der Waals surface area (Å²) < 4.78 is 29.4. The number of hydrogen-bond acceptors (Lipinski definition) is 10. The topological polar surface area (TPSA) is 151 Å². The fraction of sp³-hybridized carbons (Fsp3) is 0.600. The van der Waals surface area contributed by atoms with Crippen LogP contribution >= 0.6 is 0 Å². The summed E-state index contributed by atoms with van der Waals surface area (Å²) in [5, 5.41) is 24.5. The van der Waals surface area contributed by atoms with Crippen molar-refractivity contribution >= 4 is 23.2 Å². The van der Waals surface area contributed by atoms with Crippen molar-refractivity contribution in [2.24, 2.45) is 0 Å². The van der Waals surface area contributed by atoms with Crippen LogP contribution in [0.1, 0.15) is 27.7 Å². The molecule has 32 heavy (non-hydrogen) atoms. The van der Waals surface area contributed by atoms with Crippen molar-refractivity contribution in [2.75, 3.05) is 17.1 Å². The lowest BCUT2D eigenvalue weighted by Crippen LogP contribution is -2.59. The van der Waals surface area contributed by atoms with Gasteiger partial charge in [-0.3, -0.25) is 14.8 Å². The van der Waals surface area contributed by atoms with Gasteiger partial charge in [0.25, 0.3) is 5.91 Å². The molecular weight excluding hydrogens is 426 g/mol. The van der Waals surface area contributed by atoms with Gasteiger partial charge in [0.15, 0.2) is 24.0 Å². The number of anilines is 2. The SMILES string of the molecule is CC1(C)OC2OC(C(=O)NCC(=O)Nc3ccc(N([O-])O)cc3)C3OC(C)(C)OC3C2O1. The van der Waals surface area contributed by atoms with Crippen LogP contribution in [0.5, 0.6) is 0 Å². The third-order valence-electron chi connectivity index (χ3n) is 5.21. The van der Waals surface area contributed by atoms with Gasteiger partial charge in [-0.05, 0) is 52.0 Å². The Labute approximate surface area is 184 Å². The molecule has 3 aliphatic heterocycles. The average Bonchev–Trinajstić information content (AvgIpc) is 3.19. The summed E-state index contributed by atoms with van der Waals surface area (Å²) >= 11 is 0. The van der Waals surface area contributed by atoms with Crippen LogP contribution in [0.15, 0.2) is 24.3 Å². The van der Waals surface area contributed by atoms with Crippen molar-refractivity contribution in [3.63, 3.8) is 0 Å². The molecule has 0 saturated carbocycles. The van der Waals surface area contributed by atoms with Crippen LogP contribution in [0.3, 0.4) is 0 Å². The average molecular weight is 452 g/mol. The van der Waals surface area contributed by atoms with Gasteiger partial charge >= 0.3 is 0 Å². The van der Waals surface area contributed by atoms with Gasteiger partial charge in [-0.15, -0.1) is 0 Å². The van der Waals surface area contributed by atoms with Gasteiger partial charge in [-0.2, -0.15) is 0 Å². The molecule has 5 atom stereocenters. The van der Waals surface area contributed by atoms with E-state index in [-0.39, 0.29) is 17.5 Å². The molecule has 12 heteroatoms. The largest absolute Gasteiger partial charge is 0.733 e. The zero-order valence-corrected chi connectivity index (χ0v) is 18.1. The summed E-state index contributed by atoms with van der Waals surface area (Å²) in [4.78, 5) is 25.1. The fourth-order valence-electron chi connectivity index (χ4n) is 3.97. The standard InChI is InChI=1S/C20H26N3O9/c1-19(2)29-13-14(30-19)16-18(32-20(3,4)31-16)28-15(13)17(25)21-9-12(24)22-10-5-7-11(8-6-10)23(26)27/h5-8,13-16,18,26H,9H2,1-4H3,(H,21,25)(H,22,24)/q-1. The quantitative estimate of drug-likeness (QED) is 0.548. The fourth-order valence-corrected chi connectivity index (χ4v) is 3.97. The van der Waals surface area contributed by atoms with Gasteiger partial charge < -0.3 is 44.8 Å². The molecule has 0 aromatic heterocycles. The van der Waals surface area contributed by atoms with E-state index in [1.165, 1.54) is 24.3 Å². The highest BCUT2D eigenvalue weighted by molar-refractivity contribution is 5.95. The molecule has 0 spiro atoms. The summed E-state index contributed by atoms with van der Waals surface area (Å²) in [5.41, 5.74) is 0.404. The molecule has 4 rings (SSSR count). The molecule has 3 fully saturated rings. The number of benzene rings is 1. The first kappa shape index (κ1) is 22.9. The summed E-state index contributed by atoms with van der Waals surface area (Å²) in [6.07, 6.45) is -3.77. The second kappa shape index (κ2) is 8.23. The first-order valence-corrected chi connectivity index (χ1v) is 10.1. The van der Waals surface area contributed by atoms with Crippen LogP contribution < -0.4 is 15.9 Å². The lowest BCUT2D eigenvalue weighted by molar-refractivity contribution is -0.231. The molecule has 5 unspecified atom stereocenters. The monoisotopic (exact) mass is 452 g/mol. The number of amides is 2. The predicted octanol–water partition coefficient (Wildman–Crippen LogP) is 0.831. The molecule has 3 aliphatic rings. The van der Waals surface area contributed by atoms with Gasteiger partial charge in [-0.25, -0.2) is 0 Å². The molecule has 0 bridgehead atoms. The van der Waals surface area contributed by atoms with E-state index in [0.29, 0.717) is 5.69 Å². The predicted molar refractivity (Wildman–Crippen MR) is 108 cm³/mol. The van der Waals surface area contributed by atoms with E-state index in [0.717, 1.165) is 0 Å². The van der Waals surface area contributed by atoms with E-state index in [1.54, 1.807) is 27.7 Å². The normalized spacial score (nSPS) is 32.0. The van der Waals surface area contributed by atoms with E-state index < -0.39 is 54.1 Å². The summed E-state index contributed by atoms with van der Waals surface area (Å²) in [7, 11) is 0. The van der Waals surface area contributed by atoms with Crippen LogP contribution in [0.2, 0.25) is 0 Å². The Bertz CT molecular complexity index is 874. The second-order valence-corrected chi connectivity index (χ2v) is 8.68. The van der Waals surface area contributed by atoms with Crippen molar-refractivity contribution in [2.45, 2.75) is 70.0 Å². The van der Waals surface area contributed by atoms with Crippen LogP contribution in [0.4, 0.5) is 11.4 Å². The second-order valence-electron chi connectivity index (χ2n) is 8.68. The van der Waals surface area contributed by atoms with Crippen molar-refractivity contribution in [1.29, 1.82) is 0 Å². The maximum atomic E-state index is 12.9. The van der Waals surface area contributed by atoms with E-state index in [9.17, 15) is 14.8 Å². The number of nitrogens with zero attached hydrogens (tertiary/aromatic N) is 1. The molecule has 0 radical (unpaired) electrons. The molecular formula is C20H26N3O9-. The Kier molecular flexibility index (Phi) is 5.88. The van der Waals surface area contributed by atoms with E-state index in [2.05, 4.69) is 10.6 Å². The highest BCUT2D eigenvalue weighted by Gasteiger charge is 2.62. The molecule has 12 nitrogen and oxygen atoms in total. The Morgan fingerprint density at radius 1 is 1.00 bits per heavy atom. The molecule has 3 saturated heterocycles. The molecule has 1 aromatic rings. The minimum Gasteiger partial charge on any atom is -0.733 e. The number of carbonyl (C=O) groups excluding carboxylic acids is 2. The first-order chi connectivity index (χ1) is 14.9. The molecule has 0 aliphatic carbocycles. The highest BCUT2D eigenvalue weighted by atomic mass is 16.9.